The van der Waals surface area contributed by atoms with Crippen LogP contribution in [0.15, 0.2) is 34.2 Å². The maximum atomic E-state index is 11.8. The molecule has 6 nitrogen and oxygen atoms in total. The number of nitrogens with zero attached hydrogens (tertiary/aromatic N) is 1. The fourth-order valence-electron chi connectivity index (χ4n) is 1.37. The van der Waals surface area contributed by atoms with Crippen molar-refractivity contribution >= 4 is 49.9 Å². The highest BCUT2D eigenvalue weighted by molar-refractivity contribution is 9.11. The van der Waals surface area contributed by atoms with Crippen LogP contribution in [0.4, 0.5) is 10.8 Å². The molecule has 0 saturated heterocycles. The minimum Gasteiger partial charge on any atom is -0.399 e. The number of halogens is 1. The zero-order valence-electron chi connectivity index (χ0n) is 10.2. The van der Waals surface area contributed by atoms with Crippen molar-refractivity contribution in [3.05, 3.63) is 39.8 Å². The maximum Gasteiger partial charge on any atom is 0.251 e. The van der Waals surface area contributed by atoms with Crippen LogP contribution in [0, 0.1) is 0 Å². The van der Waals surface area contributed by atoms with Crippen LogP contribution in [-0.2, 0) is 4.79 Å². The molecule has 0 atom stereocenters. The first-order valence-electron chi connectivity index (χ1n) is 5.59. The van der Waals surface area contributed by atoms with Crippen LogP contribution in [0.3, 0.4) is 0 Å². The summed E-state index contributed by atoms with van der Waals surface area (Å²) in [4.78, 5) is 27.3. The molecule has 104 valence electrons. The molecule has 20 heavy (non-hydrogen) atoms. The zero-order chi connectivity index (χ0) is 14.5. The van der Waals surface area contributed by atoms with Gasteiger partial charge >= 0.3 is 0 Å². The molecular weight excluding hydrogens is 344 g/mol. The van der Waals surface area contributed by atoms with E-state index in [2.05, 4.69) is 31.5 Å². The molecule has 1 heterocycles. The van der Waals surface area contributed by atoms with Crippen LogP contribution >= 0.6 is 27.3 Å². The van der Waals surface area contributed by atoms with Gasteiger partial charge in [-0.3, -0.25) is 9.59 Å². The van der Waals surface area contributed by atoms with E-state index in [0.29, 0.717) is 16.4 Å². The van der Waals surface area contributed by atoms with E-state index in [1.54, 1.807) is 30.5 Å². The molecule has 1 aromatic carbocycles. The fourth-order valence-corrected chi connectivity index (χ4v) is 2.50. The van der Waals surface area contributed by atoms with Gasteiger partial charge < -0.3 is 16.4 Å². The van der Waals surface area contributed by atoms with Crippen molar-refractivity contribution in [2.24, 2.45) is 0 Å². The molecule has 2 amide bonds. The lowest BCUT2D eigenvalue weighted by atomic mass is 10.2. The molecule has 0 spiro atoms. The van der Waals surface area contributed by atoms with Gasteiger partial charge in [0.15, 0.2) is 5.13 Å². The highest BCUT2D eigenvalue weighted by Gasteiger charge is 2.09. The molecular formula is C12H11BrN4O2S. The predicted octanol–water partition coefficient (Wildman–Crippen LogP) is 1.86. The molecule has 8 heteroatoms. The smallest absolute Gasteiger partial charge is 0.251 e. The second-order valence-corrected chi connectivity index (χ2v) is 6.23. The summed E-state index contributed by atoms with van der Waals surface area (Å²) < 4.78 is 0.818. The number of carbonyl (C=O) groups excluding carboxylic acids is 2. The third-order valence-electron chi connectivity index (χ3n) is 2.31. The largest absolute Gasteiger partial charge is 0.399 e. The molecule has 0 unspecified atom stereocenters. The third kappa shape index (κ3) is 4.04. The molecule has 0 aliphatic rings. The van der Waals surface area contributed by atoms with Crippen molar-refractivity contribution < 1.29 is 9.59 Å². The summed E-state index contributed by atoms with van der Waals surface area (Å²) in [6.45, 7) is -0.125. The average Bonchev–Trinajstić information content (AvgIpc) is 2.82. The molecule has 4 N–H and O–H groups in total. The van der Waals surface area contributed by atoms with Crippen LogP contribution in [0.25, 0.3) is 0 Å². The van der Waals surface area contributed by atoms with Gasteiger partial charge in [0.05, 0.1) is 16.5 Å². The van der Waals surface area contributed by atoms with Crippen molar-refractivity contribution in [2.75, 3.05) is 17.6 Å². The number of hydrogen-bond donors (Lipinski definition) is 3. The molecule has 1 aromatic heterocycles. The average molecular weight is 355 g/mol. The molecule has 0 aliphatic heterocycles. The SMILES string of the molecule is Nc1ccc(C(=O)NCC(=O)Nc2ncc(Br)s2)cc1. The Morgan fingerprint density at radius 3 is 2.60 bits per heavy atom. The number of anilines is 2. The summed E-state index contributed by atoms with van der Waals surface area (Å²) in [6, 6.07) is 6.45. The molecule has 0 radical (unpaired) electrons. The summed E-state index contributed by atoms with van der Waals surface area (Å²) in [5.74, 6) is -0.670. The first-order chi connectivity index (χ1) is 9.54. The number of nitrogens with two attached hydrogens (primary N) is 1. The number of nitrogen functional groups attached to an aromatic ring is 1. The zero-order valence-corrected chi connectivity index (χ0v) is 12.6. The molecule has 0 aliphatic carbocycles. The summed E-state index contributed by atoms with van der Waals surface area (Å²) in [7, 11) is 0. The number of thiazole rings is 1. The Kier molecular flexibility index (Phi) is 4.70. The van der Waals surface area contributed by atoms with Crippen LogP contribution in [-0.4, -0.2) is 23.3 Å². The second-order valence-electron chi connectivity index (χ2n) is 3.82. The van der Waals surface area contributed by atoms with E-state index in [1.807, 2.05) is 0 Å². The monoisotopic (exact) mass is 354 g/mol. The summed E-state index contributed by atoms with van der Waals surface area (Å²) in [5, 5.41) is 5.58. The van der Waals surface area contributed by atoms with Gasteiger partial charge in [-0.25, -0.2) is 4.98 Å². The lowest BCUT2D eigenvalue weighted by Gasteiger charge is -2.05. The van der Waals surface area contributed by atoms with E-state index in [9.17, 15) is 9.59 Å². The molecule has 2 rings (SSSR count). The van der Waals surface area contributed by atoms with Crippen LogP contribution < -0.4 is 16.4 Å². The van der Waals surface area contributed by atoms with Gasteiger partial charge in [-0.15, -0.1) is 0 Å². The predicted molar refractivity (Wildman–Crippen MR) is 81.6 cm³/mol. The number of nitrogens with one attached hydrogen (secondary N) is 2. The van der Waals surface area contributed by atoms with E-state index in [-0.39, 0.29) is 18.4 Å². The second kappa shape index (κ2) is 6.49. The number of aromatic nitrogens is 1. The first kappa shape index (κ1) is 14.5. The Morgan fingerprint density at radius 2 is 2.00 bits per heavy atom. The Labute approximate surface area is 127 Å². The highest BCUT2D eigenvalue weighted by atomic mass is 79.9. The van der Waals surface area contributed by atoms with Crippen molar-refractivity contribution in [3.8, 4) is 0 Å². The highest BCUT2D eigenvalue weighted by Crippen LogP contribution is 2.22. The maximum absolute atomic E-state index is 11.8. The lowest BCUT2D eigenvalue weighted by molar-refractivity contribution is -0.115. The number of carbonyl (C=O) groups is 2. The molecule has 2 aromatic rings. The minimum absolute atomic E-state index is 0.125. The van der Waals surface area contributed by atoms with Gasteiger partial charge in [-0.05, 0) is 40.2 Å². The van der Waals surface area contributed by atoms with Gasteiger partial charge in [0.1, 0.15) is 0 Å². The Balaban J connectivity index is 1.84. The Hall–Kier alpha value is -1.93. The van der Waals surface area contributed by atoms with Crippen molar-refractivity contribution in [1.82, 2.24) is 10.3 Å². The van der Waals surface area contributed by atoms with E-state index < -0.39 is 0 Å². The first-order valence-corrected chi connectivity index (χ1v) is 7.20. The van der Waals surface area contributed by atoms with Crippen molar-refractivity contribution in [2.45, 2.75) is 0 Å². The summed E-state index contributed by atoms with van der Waals surface area (Å²) in [6.07, 6.45) is 1.59. The molecule has 0 bridgehead atoms. The topological polar surface area (TPSA) is 97.1 Å². The van der Waals surface area contributed by atoms with Gasteiger partial charge in [0, 0.05) is 11.3 Å². The number of hydrogen-bond acceptors (Lipinski definition) is 5. The molecule has 0 saturated carbocycles. The van der Waals surface area contributed by atoms with Crippen LogP contribution in [0.1, 0.15) is 10.4 Å². The standard InChI is InChI=1S/C12H11BrN4O2S/c13-9-5-16-12(20-9)17-10(18)6-15-11(19)7-1-3-8(14)4-2-7/h1-5H,6,14H2,(H,15,19)(H,16,17,18). The third-order valence-corrected chi connectivity index (χ3v) is 3.70. The Bertz CT molecular complexity index is 627. The summed E-state index contributed by atoms with van der Waals surface area (Å²) in [5.41, 5.74) is 6.56. The van der Waals surface area contributed by atoms with Gasteiger partial charge in [0.25, 0.3) is 5.91 Å². The fraction of sp³-hybridized carbons (Fsp3) is 0.0833. The molecule has 0 fully saturated rings. The summed E-state index contributed by atoms with van der Waals surface area (Å²) >= 11 is 4.54. The van der Waals surface area contributed by atoms with Gasteiger partial charge in [0.2, 0.25) is 5.91 Å². The van der Waals surface area contributed by atoms with Gasteiger partial charge in [-0.1, -0.05) is 11.3 Å². The van der Waals surface area contributed by atoms with E-state index in [0.717, 1.165) is 3.79 Å². The Morgan fingerprint density at radius 1 is 1.30 bits per heavy atom. The van der Waals surface area contributed by atoms with Crippen molar-refractivity contribution in [1.29, 1.82) is 0 Å². The minimum atomic E-state index is -0.337. The normalized spacial score (nSPS) is 10.1. The number of rotatable bonds is 4. The lowest BCUT2D eigenvalue weighted by Crippen LogP contribution is -2.32. The van der Waals surface area contributed by atoms with E-state index in [1.165, 1.54) is 11.3 Å². The van der Waals surface area contributed by atoms with E-state index >= 15 is 0 Å². The van der Waals surface area contributed by atoms with Crippen LogP contribution in [0.5, 0.6) is 0 Å². The van der Waals surface area contributed by atoms with Crippen molar-refractivity contribution in [3.63, 3.8) is 0 Å². The number of benzene rings is 1. The number of amides is 2. The van der Waals surface area contributed by atoms with E-state index in [4.69, 9.17) is 5.73 Å². The quantitative estimate of drug-likeness (QED) is 0.730. The van der Waals surface area contributed by atoms with Gasteiger partial charge in [-0.2, -0.15) is 0 Å². The van der Waals surface area contributed by atoms with Crippen LogP contribution in [0.2, 0.25) is 0 Å².